The van der Waals surface area contributed by atoms with E-state index < -0.39 is 18.0 Å². The van der Waals surface area contributed by atoms with Gasteiger partial charge in [0.05, 0.1) is 23.6 Å². The fourth-order valence-corrected chi connectivity index (χ4v) is 4.00. The van der Waals surface area contributed by atoms with Crippen molar-refractivity contribution in [3.05, 3.63) is 78.6 Å². The van der Waals surface area contributed by atoms with Crippen molar-refractivity contribution in [1.29, 1.82) is 0 Å². The molecule has 0 aliphatic heterocycles. The molecule has 41 heavy (non-hydrogen) atoms. The van der Waals surface area contributed by atoms with Crippen LogP contribution in [-0.4, -0.2) is 63.4 Å². The number of amides is 1. The highest BCUT2D eigenvalue weighted by atomic mass is 19.4. The maximum absolute atomic E-state index is 15.1. The molecule has 5 rings (SSSR count). The molecular formula is C28H23F4N5O4. The van der Waals surface area contributed by atoms with Crippen LogP contribution in [0, 0.1) is 5.82 Å². The maximum Gasteiger partial charge on any atom is 0.490 e. The van der Waals surface area contributed by atoms with Gasteiger partial charge in [0.2, 0.25) is 0 Å². The summed E-state index contributed by atoms with van der Waals surface area (Å²) >= 11 is 0. The van der Waals surface area contributed by atoms with E-state index in [1.807, 2.05) is 18.2 Å². The Labute approximate surface area is 230 Å². The summed E-state index contributed by atoms with van der Waals surface area (Å²) < 4.78 is 51.9. The van der Waals surface area contributed by atoms with Gasteiger partial charge in [0, 0.05) is 60.1 Å². The number of carboxylic acids is 1. The highest BCUT2D eigenvalue weighted by molar-refractivity contribution is 6.13. The number of benzene rings is 1. The first-order chi connectivity index (χ1) is 19.6. The third-order valence-corrected chi connectivity index (χ3v) is 5.91. The number of aliphatic carboxylic acids is 1. The van der Waals surface area contributed by atoms with Crippen LogP contribution < -0.4 is 5.32 Å². The van der Waals surface area contributed by atoms with E-state index in [-0.39, 0.29) is 5.91 Å². The fraction of sp³-hybridized carbons (Fsp3) is 0.179. The van der Waals surface area contributed by atoms with Crippen molar-refractivity contribution >= 4 is 33.8 Å². The summed E-state index contributed by atoms with van der Waals surface area (Å²) in [6.07, 6.45) is 2.02. The summed E-state index contributed by atoms with van der Waals surface area (Å²) in [5.74, 6) is -3.38. The molecule has 3 N–H and O–H groups in total. The molecule has 0 radical (unpaired) electrons. The summed E-state index contributed by atoms with van der Waals surface area (Å²) in [5.41, 5.74) is 4.51. The molecule has 0 saturated carbocycles. The predicted octanol–water partition coefficient (Wildman–Crippen LogP) is 5.38. The van der Waals surface area contributed by atoms with Crippen molar-refractivity contribution in [2.24, 2.45) is 0 Å². The van der Waals surface area contributed by atoms with Crippen LogP contribution in [0.25, 0.3) is 44.3 Å². The minimum absolute atomic E-state index is 0.178. The molecular weight excluding hydrogens is 546 g/mol. The molecule has 0 saturated heterocycles. The molecule has 0 bridgehead atoms. The zero-order valence-corrected chi connectivity index (χ0v) is 21.5. The van der Waals surface area contributed by atoms with Crippen LogP contribution >= 0.6 is 0 Å². The van der Waals surface area contributed by atoms with E-state index in [1.54, 1.807) is 50.0 Å². The molecule has 1 aromatic carbocycles. The molecule has 0 aliphatic carbocycles. The fourth-order valence-electron chi connectivity index (χ4n) is 4.00. The third-order valence-electron chi connectivity index (χ3n) is 5.91. The first kappa shape index (κ1) is 29.1. The number of nitrogens with one attached hydrogen (secondary N) is 2. The molecule has 9 nitrogen and oxygen atoms in total. The Morgan fingerprint density at radius 2 is 1.78 bits per heavy atom. The summed E-state index contributed by atoms with van der Waals surface area (Å²) in [7, 11) is 1.62. The van der Waals surface area contributed by atoms with Gasteiger partial charge >= 0.3 is 12.1 Å². The second kappa shape index (κ2) is 12.5. The predicted molar refractivity (Wildman–Crippen MR) is 143 cm³/mol. The summed E-state index contributed by atoms with van der Waals surface area (Å²) in [4.78, 5) is 37.4. The molecule has 212 valence electrons. The van der Waals surface area contributed by atoms with E-state index in [2.05, 4.69) is 25.3 Å². The van der Waals surface area contributed by atoms with Crippen LogP contribution in [0.2, 0.25) is 0 Å². The van der Waals surface area contributed by atoms with E-state index in [0.29, 0.717) is 40.9 Å². The highest BCUT2D eigenvalue weighted by Gasteiger charge is 2.38. The van der Waals surface area contributed by atoms with Gasteiger partial charge in [-0.3, -0.25) is 14.8 Å². The standard InChI is InChI=1S/C26H22FN5O2.C2HF3O2/c1-34-11-3-10-29-26(33)17-7-5-16(6-8-17)23-20(27)14-31-25-24(23)19-12-21(30-15-22(19)32-25)18-4-2-9-28-13-18;3-2(4,5)1(6)7/h2,4-9,12-15H,3,10-11H2,1H3,(H,29,33)(H,31,32);(H,6,7). The Balaban J connectivity index is 0.000000493. The van der Waals surface area contributed by atoms with Crippen LogP contribution in [0.1, 0.15) is 16.8 Å². The van der Waals surface area contributed by atoms with Gasteiger partial charge in [0.1, 0.15) is 11.5 Å². The zero-order valence-electron chi connectivity index (χ0n) is 21.5. The van der Waals surface area contributed by atoms with Gasteiger partial charge in [0.15, 0.2) is 0 Å². The molecule has 1 amide bonds. The van der Waals surface area contributed by atoms with Gasteiger partial charge in [-0.1, -0.05) is 12.1 Å². The molecule has 0 atom stereocenters. The van der Waals surface area contributed by atoms with Crippen LogP contribution in [0.4, 0.5) is 17.6 Å². The number of nitrogens with zero attached hydrogens (tertiary/aromatic N) is 3. The smallest absolute Gasteiger partial charge is 0.475 e. The number of hydrogen-bond acceptors (Lipinski definition) is 6. The largest absolute Gasteiger partial charge is 0.490 e. The number of ether oxygens (including phenoxy) is 1. The van der Waals surface area contributed by atoms with Gasteiger partial charge in [0.25, 0.3) is 5.91 Å². The van der Waals surface area contributed by atoms with Crippen LogP contribution in [-0.2, 0) is 9.53 Å². The van der Waals surface area contributed by atoms with E-state index in [0.717, 1.165) is 28.6 Å². The van der Waals surface area contributed by atoms with Crippen molar-refractivity contribution < 1.29 is 37.0 Å². The Morgan fingerprint density at radius 1 is 1.05 bits per heavy atom. The quantitative estimate of drug-likeness (QED) is 0.177. The number of pyridine rings is 3. The summed E-state index contributed by atoms with van der Waals surface area (Å²) in [6.45, 7) is 1.11. The highest BCUT2D eigenvalue weighted by Crippen LogP contribution is 2.36. The first-order valence-corrected chi connectivity index (χ1v) is 12.1. The lowest BCUT2D eigenvalue weighted by Crippen LogP contribution is -2.25. The Hall–Kier alpha value is -4.91. The monoisotopic (exact) mass is 569 g/mol. The van der Waals surface area contributed by atoms with Crippen molar-refractivity contribution in [2.45, 2.75) is 12.6 Å². The number of halogens is 4. The number of hydrogen-bond donors (Lipinski definition) is 3. The average Bonchev–Trinajstić information content (AvgIpc) is 3.33. The number of methoxy groups -OCH3 is 1. The molecule has 0 unspecified atom stereocenters. The minimum atomic E-state index is -5.08. The number of carbonyl (C=O) groups is 2. The van der Waals surface area contributed by atoms with Crippen LogP contribution in [0.5, 0.6) is 0 Å². The number of fused-ring (bicyclic) bond motifs is 3. The number of H-pyrrole nitrogens is 1. The number of carboxylic acid groups (broad SMARTS) is 1. The van der Waals surface area contributed by atoms with Crippen molar-refractivity contribution in [2.75, 3.05) is 20.3 Å². The molecule has 4 aromatic heterocycles. The Kier molecular flexibility index (Phi) is 8.87. The lowest BCUT2D eigenvalue weighted by atomic mass is 9.99. The number of rotatable bonds is 7. The molecule has 5 aromatic rings. The van der Waals surface area contributed by atoms with Gasteiger partial charge in [-0.2, -0.15) is 13.2 Å². The van der Waals surface area contributed by atoms with Gasteiger partial charge in [-0.15, -0.1) is 0 Å². The van der Waals surface area contributed by atoms with Crippen molar-refractivity contribution in [3.63, 3.8) is 0 Å². The van der Waals surface area contributed by atoms with E-state index >= 15 is 4.39 Å². The molecule has 0 spiro atoms. The van der Waals surface area contributed by atoms with E-state index in [1.165, 1.54) is 6.20 Å². The number of aromatic amines is 1. The topological polar surface area (TPSA) is 130 Å². The van der Waals surface area contributed by atoms with Crippen LogP contribution in [0.15, 0.2) is 67.3 Å². The van der Waals surface area contributed by atoms with E-state index in [4.69, 9.17) is 14.6 Å². The normalized spacial score (nSPS) is 11.2. The lowest BCUT2D eigenvalue weighted by Gasteiger charge is -2.09. The second-order valence-corrected chi connectivity index (χ2v) is 8.67. The number of carbonyl (C=O) groups excluding carboxylic acids is 1. The average molecular weight is 570 g/mol. The SMILES string of the molecule is COCCCNC(=O)c1ccc(-c2c(F)cnc3[nH]c4cnc(-c5cccnc5)cc4c23)cc1.O=C(O)C(F)(F)F. The zero-order chi connectivity index (χ0) is 29.6. The summed E-state index contributed by atoms with van der Waals surface area (Å²) in [5, 5.41) is 11.5. The second-order valence-electron chi connectivity index (χ2n) is 8.67. The van der Waals surface area contributed by atoms with Gasteiger partial charge in [-0.25, -0.2) is 14.2 Å². The maximum atomic E-state index is 15.1. The van der Waals surface area contributed by atoms with Crippen LogP contribution in [0.3, 0.4) is 0 Å². The van der Waals surface area contributed by atoms with Crippen molar-refractivity contribution in [1.82, 2.24) is 25.3 Å². The van der Waals surface area contributed by atoms with Gasteiger partial charge < -0.3 is 20.1 Å². The van der Waals surface area contributed by atoms with Crippen molar-refractivity contribution in [3.8, 4) is 22.4 Å². The first-order valence-electron chi connectivity index (χ1n) is 12.1. The number of alkyl halides is 3. The molecule has 4 heterocycles. The molecule has 0 aliphatic rings. The van der Waals surface area contributed by atoms with E-state index in [9.17, 15) is 18.0 Å². The minimum Gasteiger partial charge on any atom is -0.475 e. The summed E-state index contributed by atoms with van der Waals surface area (Å²) in [6, 6.07) is 12.6. The molecule has 13 heteroatoms. The number of aromatic nitrogens is 4. The van der Waals surface area contributed by atoms with Gasteiger partial charge in [-0.05, 0) is 42.3 Å². The molecule has 0 fully saturated rings. The Morgan fingerprint density at radius 3 is 2.41 bits per heavy atom. The lowest BCUT2D eigenvalue weighted by molar-refractivity contribution is -0.192. The Bertz CT molecular complexity index is 1670. The third kappa shape index (κ3) is 6.81.